The molecule has 0 unspecified atom stereocenters. The molecule has 2 aromatic rings. The van der Waals surface area contributed by atoms with Crippen molar-refractivity contribution in [1.82, 2.24) is 4.98 Å². The molecule has 2 nitrogen and oxygen atoms in total. The monoisotopic (exact) mass is 214 g/mol. The minimum Gasteiger partial charge on any atom is -0.255 e. The number of pyridine rings is 1. The van der Waals surface area contributed by atoms with E-state index in [9.17, 15) is 0 Å². The van der Waals surface area contributed by atoms with Crippen LogP contribution in [0, 0.1) is 0 Å². The number of hydrogen-bond acceptors (Lipinski definition) is 3. The molecule has 0 atom stereocenters. The van der Waals surface area contributed by atoms with Gasteiger partial charge in [-0.3, -0.25) is 9.98 Å². The van der Waals surface area contributed by atoms with Crippen LogP contribution in [-0.2, 0) is 0 Å². The summed E-state index contributed by atoms with van der Waals surface area (Å²) < 4.78 is 0. The van der Waals surface area contributed by atoms with Crippen molar-refractivity contribution < 1.29 is 0 Å². The second kappa shape index (κ2) is 4.75. The second-order valence-corrected chi connectivity index (χ2v) is 3.48. The van der Waals surface area contributed by atoms with Gasteiger partial charge in [0.05, 0.1) is 17.6 Å². The van der Waals surface area contributed by atoms with Crippen LogP contribution in [0.25, 0.3) is 0 Å². The Morgan fingerprint density at radius 1 is 1.07 bits per heavy atom. The summed E-state index contributed by atoms with van der Waals surface area (Å²) in [6.45, 7) is 0. The number of thiol groups is 1. The molecule has 15 heavy (non-hydrogen) atoms. The lowest BCUT2D eigenvalue weighted by molar-refractivity contribution is 1.29. The van der Waals surface area contributed by atoms with Crippen LogP contribution in [0.5, 0.6) is 0 Å². The Kier molecular flexibility index (Phi) is 3.15. The molecule has 0 aliphatic rings. The van der Waals surface area contributed by atoms with Gasteiger partial charge in [-0.25, -0.2) is 0 Å². The molecule has 3 heteroatoms. The van der Waals surface area contributed by atoms with E-state index in [1.165, 1.54) is 0 Å². The third kappa shape index (κ3) is 2.67. The SMILES string of the molecule is Sc1ccccc1/N=C/c1ccccn1. The van der Waals surface area contributed by atoms with Crippen molar-refractivity contribution in [1.29, 1.82) is 0 Å². The van der Waals surface area contributed by atoms with Gasteiger partial charge in [0.1, 0.15) is 0 Å². The summed E-state index contributed by atoms with van der Waals surface area (Å²) in [5.41, 5.74) is 1.69. The number of aliphatic imine (C=N–C) groups is 1. The molecule has 1 heterocycles. The van der Waals surface area contributed by atoms with Gasteiger partial charge in [-0.1, -0.05) is 18.2 Å². The number of benzene rings is 1. The number of aromatic nitrogens is 1. The molecule has 0 aliphatic carbocycles. The third-order valence-corrected chi connectivity index (χ3v) is 2.28. The lowest BCUT2D eigenvalue weighted by Crippen LogP contribution is -1.83. The lowest BCUT2D eigenvalue weighted by atomic mass is 10.3. The number of rotatable bonds is 2. The van der Waals surface area contributed by atoms with Crippen LogP contribution in [0.1, 0.15) is 5.69 Å². The summed E-state index contributed by atoms with van der Waals surface area (Å²) in [6, 6.07) is 13.4. The van der Waals surface area contributed by atoms with E-state index in [4.69, 9.17) is 0 Å². The molecular weight excluding hydrogens is 204 g/mol. The molecule has 2 rings (SSSR count). The molecule has 0 amide bonds. The number of nitrogens with zero attached hydrogens (tertiary/aromatic N) is 2. The van der Waals surface area contributed by atoms with Crippen molar-refractivity contribution in [3.63, 3.8) is 0 Å². The highest BCUT2D eigenvalue weighted by Gasteiger charge is 1.93. The Morgan fingerprint density at radius 2 is 1.87 bits per heavy atom. The molecule has 1 aromatic carbocycles. The molecule has 0 fully saturated rings. The van der Waals surface area contributed by atoms with Crippen molar-refractivity contribution in [2.75, 3.05) is 0 Å². The van der Waals surface area contributed by atoms with Gasteiger partial charge >= 0.3 is 0 Å². The predicted molar refractivity (Wildman–Crippen MR) is 65.2 cm³/mol. The first-order valence-corrected chi connectivity index (χ1v) is 5.04. The molecule has 0 radical (unpaired) electrons. The van der Waals surface area contributed by atoms with Crippen LogP contribution < -0.4 is 0 Å². The van der Waals surface area contributed by atoms with Crippen LogP contribution in [-0.4, -0.2) is 11.2 Å². The van der Waals surface area contributed by atoms with E-state index in [2.05, 4.69) is 22.6 Å². The minimum atomic E-state index is 0.842. The summed E-state index contributed by atoms with van der Waals surface area (Å²) in [5, 5.41) is 0. The zero-order valence-electron chi connectivity index (χ0n) is 8.04. The fraction of sp³-hybridized carbons (Fsp3) is 0. The van der Waals surface area contributed by atoms with Crippen LogP contribution in [0.15, 0.2) is 58.5 Å². The Hall–Kier alpha value is -1.61. The van der Waals surface area contributed by atoms with E-state index in [0.29, 0.717) is 0 Å². The van der Waals surface area contributed by atoms with Gasteiger partial charge in [0, 0.05) is 11.1 Å². The second-order valence-electron chi connectivity index (χ2n) is 3.00. The first kappa shape index (κ1) is 9.93. The van der Waals surface area contributed by atoms with Crippen molar-refractivity contribution in [2.24, 2.45) is 4.99 Å². The van der Waals surface area contributed by atoms with Gasteiger partial charge in [0.15, 0.2) is 0 Å². The summed E-state index contributed by atoms with van der Waals surface area (Å²) in [4.78, 5) is 9.33. The average Bonchev–Trinajstić information content (AvgIpc) is 2.29. The van der Waals surface area contributed by atoms with Crippen LogP contribution >= 0.6 is 12.6 Å². The van der Waals surface area contributed by atoms with Crippen LogP contribution in [0.3, 0.4) is 0 Å². The first-order chi connectivity index (χ1) is 7.36. The molecule has 0 bridgehead atoms. The fourth-order valence-electron chi connectivity index (χ4n) is 1.16. The van der Waals surface area contributed by atoms with Gasteiger partial charge in [-0.05, 0) is 24.3 Å². The van der Waals surface area contributed by atoms with Gasteiger partial charge in [0.25, 0.3) is 0 Å². The molecule has 0 N–H and O–H groups in total. The van der Waals surface area contributed by atoms with Gasteiger partial charge in [-0.15, -0.1) is 12.6 Å². The highest BCUT2D eigenvalue weighted by molar-refractivity contribution is 7.80. The molecule has 0 saturated heterocycles. The standard InChI is InChI=1S/C12H10N2S/c15-12-7-2-1-6-11(12)14-9-10-5-3-4-8-13-10/h1-9,15H/b14-9+. The lowest BCUT2D eigenvalue weighted by Gasteiger charge is -1.96. The molecule has 0 spiro atoms. The summed E-state index contributed by atoms with van der Waals surface area (Å²) in [7, 11) is 0. The van der Waals surface area contributed by atoms with Gasteiger partial charge in [0.2, 0.25) is 0 Å². The van der Waals surface area contributed by atoms with Gasteiger partial charge in [-0.2, -0.15) is 0 Å². The molecule has 74 valence electrons. The fourth-order valence-corrected chi connectivity index (χ4v) is 1.38. The average molecular weight is 214 g/mol. The third-order valence-electron chi connectivity index (χ3n) is 1.91. The highest BCUT2D eigenvalue weighted by Crippen LogP contribution is 2.21. The van der Waals surface area contributed by atoms with E-state index in [0.717, 1.165) is 16.3 Å². The van der Waals surface area contributed by atoms with Gasteiger partial charge < -0.3 is 0 Å². The topological polar surface area (TPSA) is 25.2 Å². The largest absolute Gasteiger partial charge is 0.255 e. The maximum absolute atomic E-state index is 4.31. The zero-order valence-corrected chi connectivity index (χ0v) is 8.93. The molecule has 0 aliphatic heterocycles. The maximum atomic E-state index is 4.31. The van der Waals surface area contributed by atoms with Crippen molar-refractivity contribution in [2.45, 2.75) is 4.90 Å². The summed E-state index contributed by atoms with van der Waals surface area (Å²) >= 11 is 4.31. The van der Waals surface area contributed by atoms with Crippen LogP contribution in [0.4, 0.5) is 5.69 Å². The Balaban J connectivity index is 2.23. The zero-order chi connectivity index (χ0) is 10.5. The predicted octanol–water partition coefficient (Wildman–Crippen LogP) is 3.12. The summed E-state index contributed by atoms with van der Waals surface area (Å²) in [6.07, 6.45) is 3.48. The van der Waals surface area contributed by atoms with Crippen LogP contribution in [0.2, 0.25) is 0 Å². The first-order valence-electron chi connectivity index (χ1n) is 4.59. The Bertz CT molecular complexity index is 466. The normalized spacial score (nSPS) is 10.7. The van der Waals surface area contributed by atoms with E-state index < -0.39 is 0 Å². The maximum Gasteiger partial charge on any atom is 0.0812 e. The van der Waals surface area contributed by atoms with Crippen molar-refractivity contribution >= 4 is 24.5 Å². The molecule has 1 aromatic heterocycles. The Labute approximate surface area is 94.1 Å². The Morgan fingerprint density at radius 3 is 2.60 bits per heavy atom. The minimum absolute atomic E-state index is 0.842. The smallest absolute Gasteiger partial charge is 0.0812 e. The van der Waals surface area contributed by atoms with E-state index >= 15 is 0 Å². The van der Waals surface area contributed by atoms with Crippen molar-refractivity contribution in [3.8, 4) is 0 Å². The number of hydrogen-bond donors (Lipinski definition) is 1. The number of para-hydroxylation sites is 1. The quantitative estimate of drug-likeness (QED) is 0.603. The van der Waals surface area contributed by atoms with Crippen molar-refractivity contribution in [3.05, 3.63) is 54.4 Å². The molecular formula is C12H10N2S. The van der Waals surface area contributed by atoms with E-state index in [1.54, 1.807) is 12.4 Å². The van der Waals surface area contributed by atoms with E-state index in [-0.39, 0.29) is 0 Å². The highest BCUT2D eigenvalue weighted by atomic mass is 32.1. The van der Waals surface area contributed by atoms with E-state index in [1.807, 2.05) is 42.5 Å². The summed E-state index contributed by atoms with van der Waals surface area (Å²) in [5.74, 6) is 0. The molecule has 0 saturated carbocycles.